The molecule has 32 heavy (non-hydrogen) atoms. The van der Waals surface area contributed by atoms with Crippen molar-refractivity contribution in [1.29, 1.82) is 0 Å². The van der Waals surface area contributed by atoms with Crippen molar-refractivity contribution in [2.75, 3.05) is 40.4 Å². The Morgan fingerprint density at radius 1 is 1.03 bits per heavy atom. The van der Waals surface area contributed by atoms with Crippen LogP contribution in [0.15, 0.2) is 46.8 Å². The third kappa shape index (κ3) is 6.52. The highest BCUT2D eigenvalue weighted by atomic mass is 35.5. The molecular formula is C21H29ClN4O6. The van der Waals surface area contributed by atoms with E-state index in [2.05, 4.69) is 16.0 Å². The molecule has 0 bridgehead atoms. The smallest absolute Gasteiger partial charge is 0.336 e. The van der Waals surface area contributed by atoms with E-state index in [0.717, 1.165) is 0 Å². The van der Waals surface area contributed by atoms with E-state index >= 15 is 0 Å². The topological polar surface area (TPSA) is 132 Å². The van der Waals surface area contributed by atoms with Crippen LogP contribution in [0.3, 0.4) is 0 Å². The Balaban J connectivity index is 0.00000512. The zero-order chi connectivity index (χ0) is 23.0. The van der Waals surface area contributed by atoms with Crippen molar-refractivity contribution in [3.05, 3.63) is 62.5 Å². The minimum absolute atomic E-state index is 0. The van der Waals surface area contributed by atoms with Gasteiger partial charge in [-0.3, -0.25) is 10.1 Å². The fourth-order valence-electron chi connectivity index (χ4n) is 3.33. The number of carbonyl (C=O) groups is 2. The van der Waals surface area contributed by atoms with Crippen LogP contribution < -0.4 is 16.0 Å². The highest BCUT2D eigenvalue weighted by Gasteiger charge is 2.38. The molecular weight excluding hydrogens is 440 g/mol. The van der Waals surface area contributed by atoms with E-state index in [1.165, 1.54) is 18.2 Å². The standard InChI is InChI=1S/C21H28N4O6.ClH/c1-13-17(20(26)30-10-8-22-3)19(15-6-5-7-16(12-15)25(28)29)18(14(2)24-13)21(27)31-11-9-23-4;/h5-7,12,19,22-24H,8-11H2,1-4H3;1H. The van der Waals surface area contributed by atoms with Crippen LogP contribution >= 0.6 is 12.4 Å². The molecule has 1 aromatic rings. The van der Waals surface area contributed by atoms with Crippen LogP contribution in [0.25, 0.3) is 0 Å². The molecule has 1 heterocycles. The molecule has 1 aliphatic rings. The van der Waals surface area contributed by atoms with Gasteiger partial charge in [0, 0.05) is 36.6 Å². The molecule has 1 aliphatic heterocycles. The molecule has 2 rings (SSSR count). The van der Waals surface area contributed by atoms with Crippen molar-refractivity contribution < 1.29 is 24.0 Å². The average Bonchev–Trinajstić information content (AvgIpc) is 2.73. The lowest BCUT2D eigenvalue weighted by Crippen LogP contribution is -2.33. The van der Waals surface area contributed by atoms with Gasteiger partial charge in [0.15, 0.2) is 0 Å². The van der Waals surface area contributed by atoms with Crippen LogP contribution in [0, 0.1) is 10.1 Å². The highest BCUT2D eigenvalue weighted by molar-refractivity contribution is 6.00. The number of likely N-dealkylation sites (N-methyl/N-ethyl adjacent to an activating group) is 2. The minimum atomic E-state index is -0.870. The van der Waals surface area contributed by atoms with Gasteiger partial charge in [-0.25, -0.2) is 9.59 Å². The van der Waals surface area contributed by atoms with Crippen molar-refractivity contribution >= 4 is 30.0 Å². The normalized spacial score (nSPS) is 13.9. The Morgan fingerprint density at radius 2 is 1.53 bits per heavy atom. The van der Waals surface area contributed by atoms with Crippen LogP contribution in [0.5, 0.6) is 0 Å². The molecule has 0 atom stereocenters. The minimum Gasteiger partial charge on any atom is -0.461 e. The molecule has 176 valence electrons. The first-order valence-electron chi connectivity index (χ1n) is 9.88. The number of allylic oxidation sites excluding steroid dienone is 2. The molecule has 0 spiro atoms. The van der Waals surface area contributed by atoms with Crippen molar-refractivity contribution in [3.63, 3.8) is 0 Å². The average molecular weight is 469 g/mol. The SMILES string of the molecule is CNCCOC(=O)C1=C(C)NC(C)=C(C(=O)OCCNC)C1c1cccc([N+](=O)[O-])c1.Cl. The number of rotatable bonds is 10. The first-order chi connectivity index (χ1) is 14.8. The summed E-state index contributed by atoms with van der Waals surface area (Å²) < 4.78 is 10.7. The van der Waals surface area contributed by atoms with E-state index < -0.39 is 22.8 Å². The molecule has 0 saturated heterocycles. The zero-order valence-corrected chi connectivity index (χ0v) is 19.3. The van der Waals surface area contributed by atoms with Crippen LogP contribution in [0.1, 0.15) is 25.3 Å². The lowest BCUT2D eigenvalue weighted by atomic mass is 9.80. The first-order valence-corrected chi connectivity index (χ1v) is 9.88. The Labute approximate surface area is 193 Å². The van der Waals surface area contributed by atoms with Gasteiger partial charge in [-0.05, 0) is 33.5 Å². The van der Waals surface area contributed by atoms with Crippen molar-refractivity contribution in [2.24, 2.45) is 0 Å². The Hall–Kier alpha value is -2.95. The molecule has 0 fully saturated rings. The number of nitrogens with zero attached hydrogens (tertiary/aromatic N) is 1. The van der Waals surface area contributed by atoms with E-state index in [9.17, 15) is 19.7 Å². The van der Waals surface area contributed by atoms with Gasteiger partial charge < -0.3 is 25.4 Å². The summed E-state index contributed by atoms with van der Waals surface area (Å²) in [5, 5.41) is 20.1. The van der Waals surface area contributed by atoms with Crippen molar-refractivity contribution in [1.82, 2.24) is 16.0 Å². The zero-order valence-electron chi connectivity index (χ0n) is 18.5. The molecule has 0 amide bonds. The summed E-state index contributed by atoms with van der Waals surface area (Å²) in [5.41, 5.74) is 1.73. The summed E-state index contributed by atoms with van der Waals surface area (Å²) >= 11 is 0. The van der Waals surface area contributed by atoms with Gasteiger partial charge in [-0.15, -0.1) is 12.4 Å². The van der Waals surface area contributed by atoms with Crippen LogP contribution in [0.2, 0.25) is 0 Å². The van der Waals surface area contributed by atoms with Gasteiger partial charge in [-0.1, -0.05) is 12.1 Å². The maximum absolute atomic E-state index is 13.0. The second-order valence-electron chi connectivity index (χ2n) is 6.97. The van der Waals surface area contributed by atoms with Gasteiger partial charge in [-0.2, -0.15) is 0 Å². The van der Waals surface area contributed by atoms with Gasteiger partial charge >= 0.3 is 11.9 Å². The van der Waals surface area contributed by atoms with E-state index in [1.807, 2.05) is 0 Å². The Morgan fingerprint density at radius 3 is 1.97 bits per heavy atom. The van der Waals surface area contributed by atoms with Crippen LogP contribution in [-0.2, 0) is 19.1 Å². The number of esters is 2. The van der Waals surface area contributed by atoms with Gasteiger partial charge in [0.25, 0.3) is 5.69 Å². The molecule has 0 unspecified atom stereocenters. The molecule has 3 N–H and O–H groups in total. The molecule has 0 aromatic heterocycles. The number of hydrogen-bond acceptors (Lipinski definition) is 9. The molecule has 0 radical (unpaired) electrons. The summed E-state index contributed by atoms with van der Waals surface area (Å²) in [6.07, 6.45) is 0. The third-order valence-electron chi connectivity index (χ3n) is 4.78. The van der Waals surface area contributed by atoms with Gasteiger partial charge in [0.05, 0.1) is 22.0 Å². The van der Waals surface area contributed by atoms with E-state index in [0.29, 0.717) is 30.0 Å². The van der Waals surface area contributed by atoms with Crippen molar-refractivity contribution in [3.8, 4) is 0 Å². The third-order valence-corrected chi connectivity index (χ3v) is 4.78. The second-order valence-corrected chi connectivity index (χ2v) is 6.97. The number of benzene rings is 1. The summed E-state index contributed by atoms with van der Waals surface area (Å²) in [6, 6.07) is 5.88. The molecule has 1 aromatic carbocycles. The summed E-state index contributed by atoms with van der Waals surface area (Å²) in [4.78, 5) is 36.7. The largest absolute Gasteiger partial charge is 0.461 e. The van der Waals surface area contributed by atoms with E-state index in [4.69, 9.17) is 9.47 Å². The quantitative estimate of drug-likeness (QED) is 0.203. The fraction of sp³-hybridized carbons (Fsp3) is 0.429. The molecule has 11 heteroatoms. The van der Waals surface area contributed by atoms with E-state index in [-0.39, 0.29) is 42.5 Å². The molecule has 10 nitrogen and oxygen atoms in total. The number of ether oxygens (including phenoxy) is 2. The summed E-state index contributed by atoms with van der Waals surface area (Å²) in [7, 11) is 3.47. The van der Waals surface area contributed by atoms with Crippen LogP contribution in [0.4, 0.5) is 5.69 Å². The Bertz CT molecular complexity index is 871. The summed E-state index contributed by atoms with van der Waals surface area (Å²) in [5.74, 6) is -2.08. The fourth-order valence-corrected chi connectivity index (χ4v) is 3.33. The van der Waals surface area contributed by atoms with Gasteiger partial charge in [0.1, 0.15) is 13.2 Å². The number of hydrogen-bond donors (Lipinski definition) is 3. The monoisotopic (exact) mass is 468 g/mol. The van der Waals surface area contributed by atoms with E-state index in [1.54, 1.807) is 34.0 Å². The molecule has 0 aliphatic carbocycles. The predicted molar refractivity (Wildman–Crippen MR) is 121 cm³/mol. The lowest BCUT2D eigenvalue weighted by Gasteiger charge is -2.30. The van der Waals surface area contributed by atoms with Crippen LogP contribution in [-0.4, -0.2) is 57.3 Å². The number of halogens is 1. The first kappa shape index (κ1) is 27.1. The summed E-state index contributed by atoms with van der Waals surface area (Å²) in [6.45, 7) is 4.59. The Kier molecular flexibility index (Phi) is 10.8. The second kappa shape index (κ2) is 12.8. The maximum atomic E-state index is 13.0. The maximum Gasteiger partial charge on any atom is 0.336 e. The number of nitrogens with one attached hydrogen (secondary N) is 3. The lowest BCUT2D eigenvalue weighted by molar-refractivity contribution is -0.384. The predicted octanol–water partition coefficient (Wildman–Crippen LogP) is 1.78. The number of nitro groups is 1. The molecule has 0 saturated carbocycles. The highest BCUT2D eigenvalue weighted by Crippen LogP contribution is 2.40. The number of non-ortho nitro benzene ring substituents is 1. The number of nitro benzene ring substituents is 1. The number of dihydropyridines is 1. The van der Waals surface area contributed by atoms with Gasteiger partial charge in [0.2, 0.25) is 0 Å². The van der Waals surface area contributed by atoms with Crippen molar-refractivity contribution in [2.45, 2.75) is 19.8 Å². The number of carbonyl (C=O) groups excluding carboxylic acids is 2.